The van der Waals surface area contributed by atoms with Crippen molar-refractivity contribution in [1.29, 1.82) is 5.41 Å². The smallest absolute Gasteiger partial charge is 0.313 e. The fourth-order valence-corrected chi connectivity index (χ4v) is 4.11. The maximum absolute atomic E-state index is 15.2. The quantitative estimate of drug-likeness (QED) is 0.352. The number of amidine groups is 1. The molecule has 2 aliphatic heterocycles. The molecule has 4 rings (SSSR count). The van der Waals surface area contributed by atoms with Crippen molar-refractivity contribution in [3.63, 3.8) is 0 Å². The Balaban J connectivity index is 1.37. The summed E-state index contributed by atoms with van der Waals surface area (Å²) in [7, 11) is 0. The summed E-state index contributed by atoms with van der Waals surface area (Å²) in [4.78, 5) is 27.1. The molecule has 0 amide bonds. The van der Waals surface area contributed by atoms with Gasteiger partial charge in [0.15, 0.2) is 5.82 Å². The number of carbonyl (C=O) groups is 1. The number of hydrogen-bond donors (Lipinski definition) is 2. The first kappa shape index (κ1) is 23.7. The monoisotopic (exact) mass is 471 g/mol. The van der Waals surface area contributed by atoms with Crippen LogP contribution >= 0.6 is 0 Å². The van der Waals surface area contributed by atoms with Crippen molar-refractivity contribution in [2.75, 3.05) is 67.2 Å². The van der Waals surface area contributed by atoms with Crippen molar-refractivity contribution in [2.24, 2.45) is 5.73 Å². The van der Waals surface area contributed by atoms with Crippen molar-refractivity contribution in [3.05, 3.63) is 42.0 Å². The van der Waals surface area contributed by atoms with Gasteiger partial charge in [-0.3, -0.25) is 10.2 Å². The standard InChI is InChI=1S/C23H30FN7O3/c24-22-17(16-34-21(32)13-20(25)26)3-1-4-19(22)30-6-2-5-29(7-8-30)18-14-27-23(28-15-18)31-9-11-33-12-10-31/h1,3-4,14-15H,2,5-13,16H2,(H3,25,26). The third kappa shape index (κ3) is 5.90. The number of nitrogens with zero attached hydrogens (tertiary/aromatic N) is 5. The van der Waals surface area contributed by atoms with E-state index in [0.29, 0.717) is 50.0 Å². The van der Waals surface area contributed by atoms with Crippen molar-refractivity contribution < 1.29 is 18.7 Å². The fourth-order valence-electron chi connectivity index (χ4n) is 4.11. The predicted molar refractivity (Wildman–Crippen MR) is 127 cm³/mol. The molecule has 10 nitrogen and oxygen atoms in total. The molecular weight excluding hydrogens is 441 g/mol. The van der Waals surface area contributed by atoms with Crippen LogP contribution < -0.4 is 20.4 Å². The Bertz CT molecular complexity index is 999. The fraction of sp³-hybridized carbons (Fsp3) is 0.478. The van der Waals surface area contributed by atoms with E-state index in [-0.39, 0.29) is 18.9 Å². The molecule has 0 saturated carbocycles. The van der Waals surface area contributed by atoms with Crippen LogP contribution in [0.1, 0.15) is 18.4 Å². The summed E-state index contributed by atoms with van der Waals surface area (Å²) in [5.41, 5.74) is 6.94. The van der Waals surface area contributed by atoms with E-state index >= 15 is 4.39 Å². The number of carbonyl (C=O) groups excluding carboxylic acids is 1. The Morgan fingerprint density at radius 3 is 2.50 bits per heavy atom. The third-order valence-electron chi connectivity index (χ3n) is 5.90. The van der Waals surface area contributed by atoms with E-state index in [4.69, 9.17) is 20.6 Å². The van der Waals surface area contributed by atoms with E-state index in [9.17, 15) is 4.79 Å². The van der Waals surface area contributed by atoms with Crippen LogP contribution in [0.15, 0.2) is 30.6 Å². The van der Waals surface area contributed by atoms with E-state index in [1.54, 1.807) is 18.2 Å². The van der Waals surface area contributed by atoms with Crippen LogP contribution in [0.2, 0.25) is 0 Å². The third-order valence-corrected chi connectivity index (χ3v) is 5.90. The first-order chi connectivity index (χ1) is 16.5. The van der Waals surface area contributed by atoms with E-state index < -0.39 is 11.8 Å². The number of nitrogens with one attached hydrogen (secondary N) is 1. The summed E-state index contributed by atoms with van der Waals surface area (Å²) in [6.45, 7) is 5.62. The van der Waals surface area contributed by atoms with Crippen molar-refractivity contribution in [1.82, 2.24) is 9.97 Å². The number of nitrogens with two attached hydrogens (primary N) is 1. The molecule has 3 N–H and O–H groups in total. The minimum absolute atomic E-state index is 0.196. The second kappa shape index (κ2) is 11.1. The van der Waals surface area contributed by atoms with Crippen LogP contribution in [0.5, 0.6) is 0 Å². The summed E-state index contributed by atoms with van der Waals surface area (Å²) >= 11 is 0. The minimum atomic E-state index is -0.649. The maximum Gasteiger partial charge on any atom is 0.313 e. The Labute approximate surface area is 198 Å². The van der Waals surface area contributed by atoms with Gasteiger partial charge in [-0.25, -0.2) is 14.4 Å². The van der Waals surface area contributed by atoms with Gasteiger partial charge in [-0.2, -0.15) is 0 Å². The largest absolute Gasteiger partial charge is 0.460 e. The lowest BCUT2D eigenvalue weighted by atomic mass is 10.1. The zero-order valence-electron chi connectivity index (χ0n) is 19.1. The van der Waals surface area contributed by atoms with Crippen molar-refractivity contribution >= 4 is 29.1 Å². The zero-order valence-corrected chi connectivity index (χ0v) is 19.1. The molecule has 0 atom stereocenters. The molecule has 11 heteroatoms. The van der Waals surface area contributed by atoms with E-state index in [1.165, 1.54) is 0 Å². The van der Waals surface area contributed by atoms with Gasteiger partial charge in [-0.05, 0) is 12.5 Å². The van der Waals surface area contributed by atoms with Gasteiger partial charge in [0.1, 0.15) is 18.9 Å². The molecule has 34 heavy (non-hydrogen) atoms. The number of ether oxygens (including phenoxy) is 2. The molecular formula is C23H30FN7O3. The van der Waals surface area contributed by atoms with Gasteiger partial charge in [-0.15, -0.1) is 0 Å². The number of benzene rings is 1. The van der Waals surface area contributed by atoms with Crippen molar-refractivity contribution in [2.45, 2.75) is 19.4 Å². The zero-order chi connectivity index (χ0) is 23.9. The topological polar surface area (TPSA) is 121 Å². The van der Waals surface area contributed by atoms with Crippen LogP contribution in [-0.4, -0.2) is 74.3 Å². The number of halogens is 1. The number of aromatic nitrogens is 2. The van der Waals surface area contributed by atoms with E-state index in [0.717, 1.165) is 31.7 Å². The molecule has 0 unspecified atom stereocenters. The normalized spacial score (nSPS) is 16.8. The predicted octanol–water partition coefficient (Wildman–Crippen LogP) is 1.54. The maximum atomic E-state index is 15.2. The molecule has 2 saturated heterocycles. The van der Waals surface area contributed by atoms with Gasteiger partial charge in [0.2, 0.25) is 5.95 Å². The molecule has 1 aromatic carbocycles. The summed E-state index contributed by atoms with van der Waals surface area (Å²) in [6, 6.07) is 5.09. The van der Waals surface area contributed by atoms with Gasteiger partial charge >= 0.3 is 5.97 Å². The molecule has 2 fully saturated rings. The molecule has 0 radical (unpaired) electrons. The van der Waals surface area contributed by atoms with E-state index in [2.05, 4.69) is 19.8 Å². The Morgan fingerprint density at radius 2 is 1.76 bits per heavy atom. The van der Waals surface area contributed by atoms with Crippen LogP contribution in [0, 0.1) is 11.2 Å². The van der Waals surface area contributed by atoms with Gasteiger partial charge in [0.25, 0.3) is 0 Å². The summed E-state index contributed by atoms with van der Waals surface area (Å²) < 4.78 is 25.6. The Kier molecular flexibility index (Phi) is 7.73. The number of esters is 1. The van der Waals surface area contributed by atoms with Crippen LogP contribution in [0.3, 0.4) is 0 Å². The average molecular weight is 472 g/mol. The average Bonchev–Trinajstić information content (AvgIpc) is 3.10. The minimum Gasteiger partial charge on any atom is -0.460 e. The van der Waals surface area contributed by atoms with Crippen LogP contribution in [0.4, 0.5) is 21.7 Å². The van der Waals surface area contributed by atoms with E-state index in [1.807, 2.05) is 17.3 Å². The first-order valence-electron chi connectivity index (χ1n) is 11.4. The SMILES string of the molecule is N=C(N)CC(=O)OCc1cccc(N2CCCN(c3cnc(N4CCOCC4)nc3)CC2)c1F. The van der Waals surface area contributed by atoms with Crippen LogP contribution in [-0.2, 0) is 20.9 Å². The van der Waals surface area contributed by atoms with Crippen molar-refractivity contribution in [3.8, 4) is 0 Å². The molecule has 3 heterocycles. The molecule has 182 valence electrons. The summed E-state index contributed by atoms with van der Waals surface area (Å²) in [6.07, 6.45) is 4.25. The lowest BCUT2D eigenvalue weighted by molar-refractivity contribution is -0.143. The highest BCUT2D eigenvalue weighted by molar-refractivity contribution is 5.94. The van der Waals surface area contributed by atoms with Gasteiger partial charge in [0.05, 0.1) is 37.0 Å². The Hall–Kier alpha value is -3.47. The first-order valence-corrected chi connectivity index (χ1v) is 11.4. The second-order valence-electron chi connectivity index (χ2n) is 8.28. The van der Waals surface area contributed by atoms with Gasteiger partial charge < -0.3 is 29.9 Å². The summed E-state index contributed by atoms with van der Waals surface area (Å²) in [5.74, 6) is -0.616. The number of rotatable bonds is 7. The highest BCUT2D eigenvalue weighted by Crippen LogP contribution is 2.25. The highest BCUT2D eigenvalue weighted by Gasteiger charge is 2.21. The molecule has 0 spiro atoms. The Morgan fingerprint density at radius 1 is 1.06 bits per heavy atom. The number of hydrogen-bond acceptors (Lipinski definition) is 9. The second-order valence-corrected chi connectivity index (χ2v) is 8.28. The molecule has 2 aromatic rings. The lowest BCUT2D eigenvalue weighted by Crippen LogP contribution is -2.37. The number of anilines is 3. The number of morpholine rings is 1. The lowest BCUT2D eigenvalue weighted by Gasteiger charge is -2.28. The van der Waals surface area contributed by atoms with Crippen LogP contribution in [0.25, 0.3) is 0 Å². The highest BCUT2D eigenvalue weighted by atomic mass is 19.1. The van der Waals surface area contributed by atoms with Gasteiger partial charge in [-0.1, -0.05) is 12.1 Å². The molecule has 0 aliphatic carbocycles. The molecule has 2 aliphatic rings. The summed E-state index contributed by atoms with van der Waals surface area (Å²) in [5, 5.41) is 7.15. The van der Waals surface area contributed by atoms with Gasteiger partial charge in [0, 0.05) is 44.8 Å². The molecule has 1 aromatic heterocycles. The molecule has 0 bridgehead atoms.